The smallest absolute Gasteiger partial charge is 0.203 e. The van der Waals surface area contributed by atoms with E-state index in [2.05, 4.69) is 31.4 Å². The summed E-state index contributed by atoms with van der Waals surface area (Å²) in [6.07, 6.45) is 1.57. The number of para-hydroxylation sites is 1. The highest BCUT2D eigenvalue weighted by Gasteiger charge is 2.03. The molecule has 2 aromatic carbocycles. The molecule has 3 aromatic rings. The molecule has 0 aliphatic rings. The number of hydrogen-bond donors (Lipinski definition) is 2. The van der Waals surface area contributed by atoms with Crippen molar-refractivity contribution in [2.24, 2.45) is 5.10 Å². The van der Waals surface area contributed by atoms with Crippen molar-refractivity contribution >= 4 is 38.6 Å². The fourth-order valence-corrected chi connectivity index (χ4v) is 2.76. The minimum absolute atomic E-state index is 0.197. The first-order chi connectivity index (χ1) is 10.7. The predicted molar refractivity (Wildman–Crippen MR) is 94.6 cm³/mol. The lowest BCUT2D eigenvalue weighted by molar-refractivity contribution is 0.474. The van der Waals surface area contributed by atoms with Gasteiger partial charge in [0.1, 0.15) is 5.75 Å². The number of thiazole rings is 1. The number of benzene rings is 2. The second-order valence-corrected chi connectivity index (χ2v) is 6.25. The van der Waals surface area contributed by atoms with E-state index in [4.69, 9.17) is 0 Å². The molecular weight excluding hydrogens is 362 g/mol. The molecule has 2 N–H and O–H groups in total. The zero-order valence-electron chi connectivity index (χ0n) is 11.4. The SMILES string of the molecule is Oc1ccccc1/C=N\Nc1nc(-c2ccc(Br)cc2)cs1. The van der Waals surface area contributed by atoms with Gasteiger partial charge in [-0.2, -0.15) is 5.10 Å². The van der Waals surface area contributed by atoms with Gasteiger partial charge in [0.05, 0.1) is 11.9 Å². The second-order valence-electron chi connectivity index (χ2n) is 4.47. The number of halogens is 1. The molecule has 0 fully saturated rings. The quantitative estimate of drug-likeness (QED) is 0.513. The normalized spacial score (nSPS) is 11.0. The van der Waals surface area contributed by atoms with E-state index in [1.165, 1.54) is 11.3 Å². The number of phenolic OH excluding ortho intramolecular Hbond substituents is 1. The Balaban J connectivity index is 1.70. The van der Waals surface area contributed by atoms with E-state index in [9.17, 15) is 5.11 Å². The molecule has 0 spiro atoms. The van der Waals surface area contributed by atoms with Crippen molar-refractivity contribution in [1.29, 1.82) is 0 Å². The molecule has 6 heteroatoms. The lowest BCUT2D eigenvalue weighted by Crippen LogP contribution is -1.90. The van der Waals surface area contributed by atoms with Crippen LogP contribution >= 0.6 is 27.3 Å². The fourth-order valence-electron chi connectivity index (χ4n) is 1.83. The van der Waals surface area contributed by atoms with Crippen LogP contribution in [0.2, 0.25) is 0 Å². The van der Waals surface area contributed by atoms with Crippen molar-refractivity contribution in [1.82, 2.24) is 4.98 Å². The number of hydrogen-bond acceptors (Lipinski definition) is 5. The predicted octanol–water partition coefficient (Wildman–Crippen LogP) is 4.72. The van der Waals surface area contributed by atoms with Crippen LogP contribution in [0.3, 0.4) is 0 Å². The Morgan fingerprint density at radius 2 is 1.91 bits per heavy atom. The zero-order chi connectivity index (χ0) is 15.4. The monoisotopic (exact) mass is 373 g/mol. The molecule has 0 aliphatic carbocycles. The topological polar surface area (TPSA) is 57.5 Å². The summed E-state index contributed by atoms with van der Waals surface area (Å²) in [5.41, 5.74) is 5.48. The first kappa shape index (κ1) is 14.7. The summed E-state index contributed by atoms with van der Waals surface area (Å²) in [7, 11) is 0. The van der Waals surface area contributed by atoms with Crippen molar-refractivity contribution in [3.8, 4) is 17.0 Å². The van der Waals surface area contributed by atoms with E-state index in [-0.39, 0.29) is 5.75 Å². The summed E-state index contributed by atoms with van der Waals surface area (Å²) in [5, 5.41) is 16.4. The third kappa shape index (κ3) is 3.52. The lowest BCUT2D eigenvalue weighted by Gasteiger charge is -1.98. The van der Waals surface area contributed by atoms with E-state index in [0.717, 1.165) is 15.7 Å². The first-order valence-corrected chi connectivity index (χ1v) is 8.18. The number of rotatable bonds is 4. The highest BCUT2D eigenvalue weighted by Crippen LogP contribution is 2.26. The van der Waals surface area contributed by atoms with Gasteiger partial charge in [-0.05, 0) is 24.3 Å². The summed E-state index contributed by atoms with van der Waals surface area (Å²) in [6.45, 7) is 0. The van der Waals surface area contributed by atoms with E-state index >= 15 is 0 Å². The van der Waals surface area contributed by atoms with E-state index in [1.54, 1.807) is 24.4 Å². The molecule has 22 heavy (non-hydrogen) atoms. The van der Waals surface area contributed by atoms with Crippen LogP contribution in [0, 0.1) is 0 Å². The Morgan fingerprint density at radius 1 is 1.14 bits per heavy atom. The van der Waals surface area contributed by atoms with Crippen molar-refractivity contribution in [2.75, 3.05) is 5.43 Å². The van der Waals surface area contributed by atoms with Crippen LogP contribution in [-0.4, -0.2) is 16.3 Å². The van der Waals surface area contributed by atoms with Gasteiger partial charge >= 0.3 is 0 Å². The van der Waals surface area contributed by atoms with Gasteiger partial charge in [-0.25, -0.2) is 4.98 Å². The molecule has 0 unspecified atom stereocenters. The van der Waals surface area contributed by atoms with Gasteiger partial charge in [-0.15, -0.1) is 11.3 Å². The highest BCUT2D eigenvalue weighted by atomic mass is 79.9. The lowest BCUT2D eigenvalue weighted by atomic mass is 10.2. The second kappa shape index (κ2) is 6.72. The van der Waals surface area contributed by atoms with Crippen LogP contribution in [0.5, 0.6) is 5.75 Å². The van der Waals surface area contributed by atoms with Crippen LogP contribution in [0.15, 0.2) is 63.5 Å². The van der Waals surface area contributed by atoms with Gasteiger partial charge < -0.3 is 5.11 Å². The molecule has 110 valence electrons. The van der Waals surface area contributed by atoms with Gasteiger partial charge in [-0.3, -0.25) is 5.43 Å². The molecule has 4 nitrogen and oxygen atoms in total. The average molecular weight is 374 g/mol. The summed E-state index contributed by atoms with van der Waals surface area (Å²) in [4.78, 5) is 4.48. The Morgan fingerprint density at radius 3 is 2.68 bits per heavy atom. The summed E-state index contributed by atoms with van der Waals surface area (Å²) in [6, 6.07) is 15.0. The van der Waals surface area contributed by atoms with Crippen molar-refractivity contribution in [3.63, 3.8) is 0 Å². The summed E-state index contributed by atoms with van der Waals surface area (Å²) >= 11 is 4.89. The molecule has 0 saturated carbocycles. The maximum atomic E-state index is 9.65. The minimum atomic E-state index is 0.197. The van der Waals surface area contributed by atoms with Crippen LogP contribution < -0.4 is 5.43 Å². The number of nitrogens with one attached hydrogen (secondary N) is 1. The molecule has 1 aromatic heterocycles. The third-order valence-electron chi connectivity index (χ3n) is 2.94. The van der Waals surface area contributed by atoms with Crippen LogP contribution in [0.1, 0.15) is 5.56 Å². The van der Waals surface area contributed by atoms with Crippen LogP contribution in [0.25, 0.3) is 11.3 Å². The van der Waals surface area contributed by atoms with Crippen molar-refractivity contribution in [2.45, 2.75) is 0 Å². The van der Waals surface area contributed by atoms with Gasteiger partial charge in [0.15, 0.2) is 0 Å². The zero-order valence-corrected chi connectivity index (χ0v) is 13.8. The molecule has 0 aliphatic heterocycles. The fraction of sp³-hybridized carbons (Fsp3) is 0. The van der Waals surface area contributed by atoms with E-state index < -0.39 is 0 Å². The minimum Gasteiger partial charge on any atom is -0.507 e. The molecule has 0 bridgehead atoms. The maximum absolute atomic E-state index is 9.65. The molecule has 0 saturated heterocycles. The maximum Gasteiger partial charge on any atom is 0.203 e. The number of aromatic nitrogens is 1. The number of nitrogens with zero attached hydrogens (tertiary/aromatic N) is 2. The number of phenols is 1. The summed E-state index contributed by atoms with van der Waals surface area (Å²) < 4.78 is 1.04. The average Bonchev–Trinajstić information content (AvgIpc) is 2.99. The van der Waals surface area contributed by atoms with Gasteiger partial charge in [0.25, 0.3) is 0 Å². The number of hydrazone groups is 1. The van der Waals surface area contributed by atoms with Crippen LogP contribution in [-0.2, 0) is 0 Å². The van der Waals surface area contributed by atoms with Gasteiger partial charge in [-0.1, -0.05) is 40.2 Å². The first-order valence-electron chi connectivity index (χ1n) is 6.51. The van der Waals surface area contributed by atoms with Gasteiger partial charge in [0, 0.05) is 21.0 Å². The van der Waals surface area contributed by atoms with Crippen molar-refractivity contribution < 1.29 is 5.11 Å². The Bertz CT molecular complexity index is 799. The number of aromatic hydroxyl groups is 1. The van der Waals surface area contributed by atoms with E-state index in [1.807, 2.05) is 35.7 Å². The highest BCUT2D eigenvalue weighted by molar-refractivity contribution is 9.10. The molecule has 3 rings (SSSR count). The Labute approximate surface area is 140 Å². The molecule has 0 radical (unpaired) electrons. The number of anilines is 1. The third-order valence-corrected chi connectivity index (χ3v) is 4.22. The Hall–Kier alpha value is -2.18. The standard InChI is InChI=1S/C16H12BrN3OS/c17-13-7-5-11(6-8-13)14-10-22-16(19-14)20-18-9-12-3-1-2-4-15(12)21/h1-10,21H,(H,19,20)/b18-9-. The van der Waals surface area contributed by atoms with Gasteiger partial charge in [0.2, 0.25) is 5.13 Å². The summed E-state index contributed by atoms with van der Waals surface area (Å²) in [5.74, 6) is 0.197. The molecule has 1 heterocycles. The molecule has 0 atom stereocenters. The largest absolute Gasteiger partial charge is 0.507 e. The van der Waals surface area contributed by atoms with E-state index in [0.29, 0.717) is 10.7 Å². The Kier molecular flexibility index (Phi) is 4.50. The van der Waals surface area contributed by atoms with Crippen molar-refractivity contribution in [3.05, 3.63) is 63.9 Å². The molecule has 0 amide bonds. The van der Waals surface area contributed by atoms with Crippen LogP contribution in [0.4, 0.5) is 5.13 Å². The molecular formula is C16H12BrN3OS.